The molecule has 0 aliphatic carbocycles. The molecule has 114 valence electrons. The molecule has 1 aromatic carbocycles. The molecule has 22 heavy (non-hydrogen) atoms. The van der Waals surface area contributed by atoms with Gasteiger partial charge in [0.1, 0.15) is 5.75 Å². The second-order valence-corrected chi connectivity index (χ2v) is 4.42. The Morgan fingerprint density at radius 3 is 2.59 bits per heavy atom. The maximum absolute atomic E-state index is 12.2. The van der Waals surface area contributed by atoms with Crippen molar-refractivity contribution in [1.82, 2.24) is 4.98 Å². The van der Waals surface area contributed by atoms with E-state index in [1.165, 1.54) is 18.2 Å². The molecule has 0 N–H and O–H groups in total. The lowest BCUT2D eigenvalue weighted by Crippen LogP contribution is -2.16. The second-order valence-electron chi connectivity index (χ2n) is 4.42. The monoisotopic (exact) mass is 311 g/mol. The Hall–Kier alpha value is -2.70. The van der Waals surface area contributed by atoms with E-state index in [4.69, 9.17) is 8.85 Å². The van der Waals surface area contributed by atoms with Gasteiger partial charge in [-0.15, -0.1) is 13.2 Å². The summed E-state index contributed by atoms with van der Waals surface area (Å²) >= 11 is 0. The Morgan fingerprint density at radius 1 is 1.23 bits per heavy atom. The molecule has 0 bridgehead atoms. The number of hydrogen-bond donors (Lipinski definition) is 0. The summed E-state index contributed by atoms with van der Waals surface area (Å²) in [6.07, 6.45) is -4.77. The minimum Gasteiger partial charge on any atom is -0.438 e. The number of rotatable bonds is 2. The largest absolute Gasteiger partial charge is 0.573 e. The van der Waals surface area contributed by atoms with Crippen LogP contribution < -0.4 is 14.4 Å². The Morgan fingerprint density at radius 2 is 1.95 bits per heavy atom. The zero-order valence-electron chi connectivity index (χ0n) is 14.0. The highest BCUT2D eigenvalue weighted by Gasteiger charge is 2.31. The van der Waals surface area contributed by atoms with Gasteiger partial charge in [0.2, 0.25) is 0 Å². The zero-order valence-corrected chi connectivity index (χ0v) is 11.0. The van der Waals surface area contributed by atoms with Crippen molar-refractivity contribution in [3.8, 4) is 22.8 Å². The van der Waals surface area contributed by atoms with E-state index in [1.54, 1.807) is 6.07 Å². The molecule has 4 nitrogen and oxygen atoms in total. The lowest BCUT2D eigenvalue weighted by molar-refractivity contribution is -0.274. The smallest absolute Gasteiger partial charge is 0.438 e. The molecule has 0 unspecified atom stereocenters. The van der Waals surface area contributed by atoms with Gasteiger partial charge in [-0.05, 0) is 43.0 Å². The van der Waals surface area contributed by atoms with Crippen LogP contribution in [0.4, 0.5) is 19.0 Å². The predicted octanol–water partition coefficient (Wildman–Crippen LogP) is 3.95. The Kier molecular flexibility index (Phi) is 2.46. The first-order chi connectivity index (χ1) is 11.5. The molecule has 3 rings (SSSR count). The average molecular weight is 311 g/mol. The van der Waals surface area contributed by atoms with Crippen LogP contribution in [0.5, 0.6) is 11.5 Å². The first-order valence-electron chi connectivity index (χ1n) is 7.59. The van der Waals surface area contributed by atoms with Crippen molar-refractivity contribution >= 4 is 5.82 Å². The van der Waals surface area contributed by atoms with E-state index in [-0.39, 0.29) is 23.2 Å². The number of aromatic nitrogens is 1. The van der Waals surface area contributed by atoms with Gasteiger partial charge < -0.3 is 9.47 Å². The maximum atomic E-state index is 12.2. The van der Waals surface area contributed by atoms with E-state index < -0.39 is 13.3 Å². The number of alkyl halides is 3. The van der Waals surface area contributed by atoms with Crippen molar-refractivity contribution < 1.29 is 26.8 Å². The zero-order chi connectivity index (χ0) is 18.4. The van der Waals surface area contributed by atoms with Crippen molar-refractivity contribution in [2.24, 2.45) is 0 Å². The highest BCUT2D eigenvalue weighted by Crippen LogP contribution is 2.37. The Bertz CT molecular complexity index is 820. The maximum Gasteiger partial charge on any atom is 0.573 e. The molecule has 0 atom stereocenters. The minimum atomic E-state index is -4.77. The summed E-state index contributed by atoms with van der Waals surface area (Å²) < 4.78 is 68.3. The number of pyridine rings is 1. The van der Waals surface area contributed by atoms with E-state index in [9.17, 15) is 13.2 Å². The molecule has 1 aliphatic rings. The fourth-order valence-electron chi connectivity index (χ4n) is 1.95. The molecule has 0 saturated carbocycles. The number of ether oxygens (including phenoxy) is 2. The standard InChI is InChI=1S/C15H11F3N2O2/c1-9-20(2)14-13(21-9)8-7-12(19-14)10-3-5-11(6-4-10)22-15(16,17)18/h3-8H,1H2,2H3/i2D3. The summed E-state index contributed by atoms with van der Waals surface area (Å²) in [7, 11) is 0. The normalized spacial score (nSPS) is 16.4. The van der Waals surface area contributed by atoms with Crippen LogP contribution >= 0.6 is 0 Å². The van der Waals surface area contributed by atoms with E-state index >= 15 is 0 Å². The molecule has 1 aromatic heterocycles. The van der Waals surface area contributed by atoms with Crippen LogP contribution in [0.3, 0.4) is 0 Å². The minimum absolute atomic E-state index is 0.0677. The fraction of sp³-hybridized carbons (Fsp3) is 0.133. The Labute approximate surface area is 128 Å². The van der Waals surface area contributed by atoms with Gasteiger partial charge in [-0.3, -0.25) is 4.90 Å². The molecule has 7 heteroatoms. The van der Waals surface area contributed by atoms with Gasteiger partial charge >= 0.3 is 6.36 Å². The highest BCUT2D eigenvalue weighted by molar-refractivity contribution is 5.68. The van der Waals surface area contributed by atoms with Crippen LogP contribution in [0.15, 0.2) is 48.9 Å². The van der Waals surface area contributed by atoms with Crippen LogP contribution in [0, 0.1) is 0 Å². The van der Waals surface area contributed by atoms with Crippen molar-refractivity contribution in [3.05, 3.63) is 48.9 Å². The van der Waals surface area contributed by atoms with E-state index in [0.717, 1.165) is 17.0 Å². The first-order valence-corrected chi connectivity index (χ1v) is 6.09. The van der Waals surface area contributed by atoms with Crippen molar-refractivity contribution in [3.63, 3.8) is 0 Å². The third kappa shape index (κ3) is 2.69. The second kappa shape index (κ2) is 4.94. The third-order valence-electron chi connectivity index (χ3n) is 2.91. The van der Waals surface area contributed by atoms with Crippen molar-refractivity contribution in [1.29, 1.82) is 0 Å². The number of nitrogens with zero attached hydrogens (tertiary/aromatic N) is 2. The van der Waals surface area contributed by atoms with Gasteiger partial charge in [-0.2, -0.15) is 0 Å². The highest BCUT2D eigenvalue weighted by atomic mass is 19.4. The van der Waals surface area contributed by atoms with E-state index in [0.29, 0.717) is 11.3 Å². The van der Waals surface area contributed by atoms with Crippen LogP contribution in [0.2, 0.25) is 0 Å². The molecular formula is C15H11F3N2O2. The van der Waals surface area contributed by atoms with Gasteiger partial charge in [0.25, 0.3) is 0 Å². The quantitative estimate of drug-likeness (QED) is 0.841. The topological polar surface area (TPSA) is 34.6 Å². The number of anilines is 1. The van der Waals surface area contributed by atoms with Crippen molar-refractivity contribution in [2.75, 3.05) is 11.9 Å². The summed E-state index contributed by atoms with van der Waals surface area (Å²) in [6.45, 7) is 1.02. The molecular weight excluding hydrogens is 297 g/mol. The number of fused-ring (bicyclic) bond motifs is 1. The molecule has 2 heterocycles. The van der Waals surface area contributed by atoms with Crippen LogP contribution in [0.1, 0.15) is 4.11 Å². The summed E-state index contributed by atoms with van der Waals surface area (Å²) in [5.74, 6) is -0.133. The number of benzene rings is 1. The van der Waals surface area contributed by atoms with Gasteiger partial charge in [-0.1, -0.05) is 0 Å². The molecule has 1 aliphatic heterocycles. The van der Waals surface area contributed by atoms with Gasteiger partial charge in [-0.25, -0.2) is 4.98 Å². The summed E-state index contributed by atoms with van der Waals surface area (Å²) in [5.41, 5.74) is 0.852. The van der Waals surface area contributed by atoms with E-state index in [2.05, 4.69) is 16.3 Å². The fourth-order valence-corrected chi connectivity index (χ4v) is 1.95. The Balaban J connectivity index is 1.93. The molecule has 0 amide bonds. The summed E-state index contributed by atoms with van der Waals surface area (Å²) in [5, 5.41) is 0. The lowest BCUT2D eigenvalue weighted by Gasteiger charge is -2.10. The number of halogens is 3. The third-order valence-corrected chi connectivity index (χ3v) is 2.91. The van der Waals surface area contributed by atoms with E-state index in [1.807, 2.05) is 0 Å². The van der Waals surface area contributed by atoms with Crippen molar-refractivity contribution in [2.45, 2.75) is 6.36 Å². The average Bonchev–Trinajstić information content (AvgIpc) is 2.81. The molecule has 0 fully saturated rings. The number of hydrogen-bond acceptors (Lipinski definition) is 4. The molecule has 0 saturated heterocycles. The van der Waals surface area contributed by atoms with Crippen LogP contribution in [-0.4, -0.2) is 18.3 Å². The van der Waals surface area contributed by atoms with Crippen LogP contribution in [0.25, 0.3) is 11.3 Å². The molecule has 0 spiro atoms. The van der Waals surface area contributed by atoms with Gasteiger partial charge in [0, 0.05) is 16.7 Å². The lowest BCUT2D eigenvalue weighted by atomic mass is 10.1. The molecule has 0 radical (unpaired) electrons. The van der Waals surface area contributed by atoms with Gasteiger partial charge in [0.15, 0.2) is 17.5 Å². The predicted molar refractivity (Wildman–Crippen MR) is 74.5 cm³/mol. The van der Waals surface area contributed by atoms with Crippen LogP contribution in [-0.2, 0) is 0 Å². The first kappa shape index (κ1) is 10.9. The molecule has 2 aromatic rings. The summed E-state index contributed by atoms with van der Waals surface area (Å²) in [4.78, 5) is 5.13. The van der Waals surface area contributed by atoms with Gasteiger partial charge in [0.05, 0.1) is 5.69 Å². The summed E-state index contributed by atoms with van der Waals surface area (Å²) in [6, 6.07) is 8.16. The SMILES string of the molecule is [2H]C([2H])([2H])N1C(=C)Oc2ccc(-c3ccc(OC(F)(F)F)cc3)nc21.